The Kier molecular flexibility index (Phi) is 4.15. The number of fused-ring (bicyclic) bond motifs is 1. The van der Waals surface area contributed by atoms with E-state index in [4.69, 9.17) is 4.74 Å². The number of halogens is 3. The molecule has 1 N–H and O–H groups in total. The van der Waals surface area contributed by atoms with E-state index >= 15 is 0 Å². The lowest BCUT2D eigenvalue weighted by atomic mass is 10.1. The Morgan fingerprint density at radius 2 is 1.92 bits per heavy atom. The number of thiazole rings is 1. The molecule has 0 aliphatic carbocycles. The number of rotatable bonds is 3. The van der Waals surface area contributed by atoms with Crippen molar-refractivity contribution in [1.82, 2.24) is 4.98 Å². The van der Waals surface area contributed by atoms with Crippen LogP contribution >= 0.6 is 11.3 Å². The predicted octanol–water partition coefficient (Wildman–Crippen LogP) is 4.58. The van der Waals surface area contributed by atoms with Crippen molar-refractivity contribution in [3.8, 4) is 5.75 Å². The molecule has 1 amide bonds. The third-order valence-electron chi connectivity index (χ3n) is 3.30. The van der Waals surface area contributed by atoms with Crippen molar-refractivity contribution in [3.63, 3.8) is 0 Å². The number of hydrogen-bond donors (Lipinski definition) is 1. The molecular formula is C16H11F3N2O2S. The van der Waals surface area contributed by atoms with Crippen LogP contribution in [-0.2, 0) is 6.18 Å². The molecule has 0 saturated carbocycles. The number of hydrogen-bond acceptors (Lipinski definition) is 4. The smallest absolute Gasteiger partial charge is 0.417 e. The number of alkyl halides is 3. The van der Waals surface area contributed by atoms with E-state index in [9.17, 15) is 18.0 Å². The number of ether oxygens (including phenoxy) is 1. The molecule has 2 aromatic carbocycles. The van der Waals surface area contributed by atoms with Crippen LogP contribution < -0.4 is 10.1 Å². The molecule has 0 bridgehead atoms. The van der Waals surface area contributed by atoms with Gasteiger partial charge in [0.25, 0.3) is 5.91 Å². The van der Waals surface area contributed by atoms with Gasteiger partial charge in [-0.05, 0) is 24.3 Å². The van der Waals surface area contributed by atoms with Gasteiger partial charge in [-0.1, -0.05) is 29.5 Å². The minimum absolute atomic E-state index is 0.205. The van der Waals surface area contributed by atoms with Crippen molar-refractivity contribution < 1.29 is 22.7 Å². The fourth-order valence-corrected chi connectivity index (χ4v) is 3.11. The van der Waals surface area contributed by atoms with Gasteiger partial charge in [0.2, 0.25) is 0 Å². The van der Waals surface area contributed by atoms with E-state index in [2.05, 4.69) is 10.3 Å². The lowest BCUT2D eigenvalue weighted by Crippen LogP contribution is -2.18. The fraction of sp³-hybridized carbons (Fsp3) is 0.125. The van der Waals surface area contributed by atoms with Crippen LogP contribution in [0.1, 0.15) is 15.9 Å². The number of para-hydroxylation sites is 1. The lowest BCUT2D eigenvalue weighted by molar-refractivity contribution is -0.137. The summed E-state index contributed by atoms with van der Waals surface area (Å²) in [5.74, 6) is -0.333. The van der Waals surface area contributed by atoms with E-state index in [1.54, 1.807) is 18.2 Å². The average molecular weight is 352 g/mol. The third kappa shape index (κ3) is 3.05. The molecular weight excluding hydrogens is 341 g/mol. The predicted molar refractivity (Wildman–Crippen MR) is 85.6 cm³/mol. The van der Waals surface area contributed by atoms with Crippen LogP contribution in [0, 0.1) is 0 Å². The highest BCUT2D eigenvalue weighted by molar-refractivity contribution is 7.22. The second-order valence-corrected chi connectivity index (χ2v) is 5.85. The first-order chi connectivity index (χ1) is 11.4. The standard InChI is InChI=1S/C16H11F3N2O2S/c1-23-11-7-4-8-12-13(11)20-15(24-12)21-14(22)9-5-2-3-6-10(9)16(17,18)19/h2-8H,1H3,(H,20,21,22). The maximum absolute atomic E-state index is 13.0. The van der Waals surface area contributed by atoms with Gasteiger partial charge < -0.3 is 4.74 Å². The molecule has 1 heterocycles. The van der Waals surface area contributed by atoms with E-state index in [0.29, 0.717) is 11.3 Å². The highest BCUT2D eigenvalue weighted by atomic mass is 32.1. The number of carbonyl (C=O) groups excluding carboxylic acids is 1. The minimum atomic E-state index is -4.61. The van der Waals surface area contributed by atoms with Gasteiger partial charge in [0.05, 0.1) is 22.9 Å². The molecule has 0 fully saturated rings. The number of aromatic nitrogens is 1. The highest BCUT2D eigenvalue weighted by Crippen LogP contribution is 2.34. The summed E-state index contributed by atoms with van der Waals surface area (Å²) >= 11 is 1.16. The molecule has 0 saturated heterocycles. The minimum Gasteiger partial charge on any atom is -0.494 e. The molecule has 0 unspecified atom stereocenters. The summed E-state index contributed by atoms with van der Waals surface area (Å²) in [7, 11) is 1.49. The molecule has 0 radical (unpaired) electrons. The van der Waals surface area contributed by atoms with Crippen molar-refractivity contribution in [2.24, 2.45) is 0 Å². The van der Waals surface area contributed by atoms with Gasteiger partial charge in [-0.2, -0.15) is 13.2 Å². The van der Waals surface area contributed by atoms with E-state index in [1.165, 1.54) is 19.2 Å². The maximum atomic E-state index is 13.0. The van der Waals surface area contributed by atoms with Gasteiger partial charge >= 0.3 is 6.18 Å². The number of amides is 1. The fourth-order valence-electron chi connectivity index (χ4n) is 2.23. The van der Waals surface area contributed by atoms with Crippen molar-refractivity contribution >= 4 is 32.6 Å². The molecule has 8 heteroatoms. The van der Waals surface area contributed by atoms with Gasteiger partial charge in [0, 0.05) is 0 Å². The first kappa shape index (κ1) is 16.3. The SMILES string of the molecule is COc1cccc2sc(NC(=O)c3ccccc3C(F)(F)F)nc12. The molecule has 3 aromatic rings. The molecule has 24 heavy (non-hydrogen) atoms. The summed E-state index contributed by atoms with van der Waals surface area (Å²) in [5.41, 5.74) is -0.887. The molecule has 4 nitrogen and oxygen atoms in total. The van der Waals surface area contributed by atoms with Crippen molar-refractivity contribution in [3.05, 3.63) is 53.6 Å². The Labute approximate surface area is 138 Å². The number of nitrogens with one attached hydrogen (secondary N) is 1. The van der Waals surface area contributed by atoms with Crippen LogP contribution in [0.3, 0.4) is 0 Å². The summed E-state index contributed by atoms with van der Waals surface area (Å²) < 4.78 is 44.9. The first-order valence-electron chi connectivity index (χ1n) is 6.81. The summed E-state index contributed by atoms with van der Waals surface area (Å²) in [4.78, 5) is 16.5. The van der Waals surface area contributed by atoms with Crippen LogP contribution in [0.15, 0.2) is 42.5 Å². The molecule has 124 valence electrons. The second-order valence-electron chi connectivity index (χ2n) is 4.82. The summed E-state index contributed by atoms with van der Waals surface area (Å²) in [6.45, 7) is 0. The first-order valence-corrected chi connectivity index (χ1v) is 7.63. The zero-order valence-corrected chi connectivity index (χ0v) is 13.2. The normalized spacial score (nSPS) is 11.5. The van der Waals surface area contributed by atoms with Crippen LogP contribution in [0.2, 0.25) is 0 Å². The summed E-state index contributed by atoms with van der Waals surface area (Å²) in [6.07, 6.45) is -4.61. The van der Waals surface area contributed by atoms with E-state index in [1.807, 2.05) is 0 Å². The van der Waals surface area contributed by atoms with E-state index in [0.717, 1.165) is 28.2 Å². The Bertz CT molecular complexity index is 906. The number of nitrogens with zero attached hydrogens (tertiary/aromatic N) is 1. The van der Waals surface area contributed by atoms with Crippen LogP contribution in [-0.4, -0.2) is 18.0 Å². The van der Waals surface area contributed by atoms with E-state index in [-0.39, 0.29) is 5.13 Å². The number of methoxy groups -OCH3 is 1. The maximum Gasteiger partial charge on any atom is 0.417 e. The Balaban J connectivity index is 1.94. The highest BCUT2D eigenvalue weighted by Gasteiger charge is 2.35. The molecule has 0 spiro atoms. The van der Waals surface area contributed by atoms with Gasteiger partial charge in [-0.25, -0.2) is 4.98 Å². The largest absolute Gasteiger partial charge is 0.494 e. The van der Waals surface area contributed by atoms with Gasteiger partial charge in [0.15, 0.2) is 5.13 Å². The van der Waals surface area contributed by atoms with Crippen molar-refractivity contribution in [1.29, 1.82) is 0 Å². The lowest BCUT2D eigenvalue weighted by Gasteiger charge is -2.11. The zero-order valence-electron chi connectivity index (χ0n) is 12.3. The summed E-state index contributed by atoms with van der Waals surface area (Å²) in [5, 5.41) is 2.63. The number of benzene rings is 2. The molecule has 3 rings (SSSR count). The summed E-state index contributed by atoms with van der Waals surface area (Å²) in [6, 6.07) is 9.89. The number of carbonyl (C=O) groups is 1. The molecule has 1 aromatic heterocycles. The zero-order chi connectivity index (χ0) is 17.3. The molecule has 0 aliphatic heterocycles. The second kappa shape index (κ2) is 6.12. The Morgan fingerprint density at radius 1 is 1.17 bits per heavy atom. The topological polar surface area (TPSA) is 51.2 Å². The van der Waals surface area contributed by atoms with Crippen LogP contribution in [0.5, 0.6) is 5.75 Å². The van der Waals surface area contributed by atoms with Crippen molar-refractivity contribution in [2.75, 3.05) is 12.4 Å². The molecule has 0 atom stereocenters. The average Bonchev–Trinajstić information content (AvgIpc) is 2.96. The number of anilines is 1. The Hall–Kier alpha value is -2.61. The Morgan fingerprint density at radius 3 is 2.62 bits per heavy atom. The van der Waals surface area contributed by atoms with Crippen LogP contribution in [0.25, 0.3) is 10.2 Å². The monoisotopic (exact) mass is 352 g/mol. The van der Waals surface area contributed by atoms with E-state index < -0.39 is 23.2 Å². The van der Waals surface area contributed by atoms with Crippen LogP contribution in [0.4, 0.5) is 18.3 Å². The third-order valence-corrected chi connectivity index (χ3v) is 4.24. The van der Waals surface area contributed by atoms with Gasteiger partial charge in [0.1, 0.15) is 11.3 Å². The van der Waals surface area contributed by atoms with Crippen molar-refractivity contribution in [2.45, 2.75) is 6.18 Å². The van der Waals surface area contributed by atoms with Gasteiger partial charge in [-0.15, -0.1) is 0 Å². The molecule has 0 aliphatic rings. The quantitative estimate of drug-likeness (QED) is 0.751. The van der Waals surface area contributed by atoms with Gasteiger partial charge in [-0.3, -0.25) is 10.1 Å².